The highest BCUT2D eigenvalue weighted by Crippen LogP contribution is 2.10. The van der Waals surface area contributed by atoms with Crippen molar-refractivity contribution in [2.45, 2.75) is 6.92 Å². The van der Waals surface area contributed by atoms with Gasteiger partial charge < -0.3 is 4.74 Å². The largest absolute Gasteiger partial charge is 0.497 e. The Morgan fingerprint density at radius 1 is 1.06 bits per heavy atom. The third-order valence-corrected chi connectivity index (χ3v) is 2.34. The van der Waals surface area contributed by atoms with E-state index in [-0.39, 0.29) is 0 Å². The second-order valence-corrected chi connectivity index (χ2v) is 3.70. The summed E-state index contributed by atoms with van der Waals surface area (Å²) in [4.78, 5) is 4.19. The summed E-state index contributed by atoms with van der Waals surface area (Å²) in [6, 6.07) is 11.6. The molecular formula is C15H13NO. The predicted octanol–water partition coefficient (Wildman–Crippen LogP) is 2.80. The van der Waals surface area contributed by atoms with Gasteiger partial charge in [-0.25, -0.2) is 4.98 Å². The molecule has 0 amide bonds. The molecule has 2 nitrogen and oxygen atoms in total. The molecule has 17 heavy (non-hydrogen) atoms. The van der Waals surface area contributed by atoms with Crippen molar-refractivity contribution in [2.24, 2.45) is 0 Å². The summed E-state index contributed by atoms with van der Waals surface area (Å²) < 4.78 is 5.09. The molecule has 1 aromatic heterocycles. The number of methoxy groups -OCH3 is 1. The molecule has 0 aliphatic heterocycles. The molecule has 0 fully saturated rings. The number of nitrogens with zero attached hydrogens (tertiary/aromatic N) is 1. The zero-order chi connectivity index (χ0) is 12.1. The molecule has 0 bridgehead atoms. The van der Waals surface area contributed by atoms with Crippen molar-refractivity contribution in [3.63, 3.8) is 0 Å². The average molecular weight is 223 g/mol. The first-order valence-corrected chi connectivity index (χ1v) is 5.36. The first kappa shape index (κ1) is 11.2. The number of hydrogen-bond donors (Lipinski definition) is 0. The summed E-state index contributed by atoms with van der Waals surface area (Å²) in [6.07, 6.45) is 1.77. The maximum absolute atomic E-state index is 5.09. The van der Waals surface area contributed by atoms with Crippen LogP contribution in [0.3, 0.4) is 0 Å². The number of benzene rings is 1. The minimum absolute atomic E-state index is 0.792. The first-order chi connectivity index (χ1) is 8.28. The van der Waals surface area contributed by atoms with E-state index in [4.69, 9.17) is 4.74 Å². The molecule has 0 aliphatic carbocycles. The average Bonchev–Trinajstić information content (AvgIpc) is 2.37. The van der Waals surface area contributed by atoms with Gasteiger partial charge in [-0.05, 0) is 54.8 Å². The maximum atomic E-state index is 5.09. The normalized spacial score (nSPS) is 9.29. The fourth-order valence-corrected chi connectivity index (χ4v) is 1.42. The van der Waals surface area contributed by atoms with Crippen LogP contribution in [-0.2, 0) is 0 Å². The van der Waals surface area contributed by atoms with Gasteiger partial charge in [0.2, 0.25) is 0 Å². The van der Waals surface area contributed by atoms with Crippen molar-refractivity contribution in [1.29, 1.82) is 0 Å². The molecule has 0 spiro atoms. The smallest absolute Gasteiger partial charge is 0.118 e. The van der Waals surface area contributed by atoms with Gasteiger partial charge in [-0.15, -0.1) is 0 Å². The fourth-order valence-electron chi connectivity index (χ4n) is 1.42. The van der Waals surface area contributed by atoms with Gasteiger partial charge in [-0.3, -0.25) is 0 Å². The van der Waals surface area contributed by atoms with Crippen molar-refractivity contribution in [3.05, 3.63) is 59.4 Å². The van der Waals surface area contributed by atoms with E-state index in [0.29, 0.717) is 0 Å². The van der Waals surface area contributed by atoms with Crippen LogP contribution in [0, 0.1) is 18.8 Å². The van der Waals surface area contributed by atoms with Gasteiger partial charge in [-0.1, -0.05) is 5.92 Å². The lowest BCUT2D eigenvalue weighted by Crippen LogP contribution is -1.84. The highest BCUT2D eigenvalue weighted by atomic mass is 16.5. The van der Waals surface area contributed by atoms with Crippen LogP contribution in [0.1, 0.15) is 16.8 Å². The van der Waals surface area contributed by atoms with E-state index in [1.807, 2.05) is 43.3 Å². The molecule has 1 aromatic carbocycles. The fraction of sp³-hybridized carbons (Fsp3) is 0.133. The van der Waals surface area contributed by atoms with E-state index in [2.05, 4.69) is 16.8 Å². The van der Waals surface area contributed by atoms with Crippen molar-refractivity contribution >= 4 is 0 Å². The number of aryl methyl sites for hydroxylation is 1. The van der Waals surface area contributed by atoms with Crippen LogP contribution in [-0.4, -0.2) is 12.1 Å². The highest BCUT2D eigenvalue weighted by molar-refractivity contribution is 5.42. The van der Waals surface area contributed by atoms with Crippen LogP contribution in [0.25, 0.3) is 0 Å². The summed E-state index contributed by atoms with van der Waals surface area (Å²) in [6.45, 7) is 2.03. The molecule has 2 heteroatoms. The molecule has 1 heterocycles. The SMILES string of the molecule is COc1ccc(C#Cc2cc(C)ccn2)cc1. The Morgan fingerprint density at radius 3 is 2.47 bits per heavy atom. The van der Waals surface area contributed by atoms with Gasteiger partial charge in [0.1, 0.15) is 11.4 Å². The Balaban J connectivity index is 2.20. The second kappa shape index (κ2) is 5.18. The molecule has 0 unspecified atom stereocenters. The van der Waals surface area contributed by atoms with Gasteiger partial charge in [0.05, 0.1) is 7.11 Å². The Bertz CT molecular complexity index is 561. The summed E-state index contributed by atoms with van der Waals surface area (Å²) in [5.41, 5.74) is 2.91. The van der Waals surface area contributed by atoms with E-state index in [1.165, 1.54) is 5.56 Å². The molecule has 0 atom stereocenters. The van der Waals surface area contributed by atoms with Gasteiger partial charge in [0, 0.05) is 11.8 Å². The topological polar surface area (TPSA) is 22.1 Å². The molecule has 0 aliphatic rings. The highest BCUT2D eigenvalue weighted by Gasteiger charge is 1.91. The minimum atomic E-state index is 0.792. The van der Waals surface area contributed by atoms with E-state index in [1.54, 1.807) is 13.3 Å². The molecule has 0 saturated carbocycles. The van der Waals surface area contributed by atoms with E-state index < -0.39 is 0 Å². The number of aromatic nitrogens is 1. The van der Waals surface area contributed by atoms with Gasteiger partial charge in [0.15, 0.2) is 0 Å². The van der Waals surface area contributed by atoms with Gasteiger partial charge in [0.25, 0.3) is 0 Å². The number of pyridine rings is 1. The van der Waals surface area contributed by atoms with E-state index >= 15 is 0 Å². The monoisotopic (exact) mass is 223 g/mol. The third kappa shape index (κ3) is 3.09. The van der Waals surface area contributed by atoms with Crippen molar-refractivity contribution < 1.29 is 4.74 Å². The molecular weight excluding hydrogens is 210 g/mol. The van der Waals surface area contributed by atoms with Gasteiger partial charge >= 0.3 is 0 Å². The Labute approximate surface area is 101 Å². The molecule has 0 N–H and O–H groups in total. The lowest BCUT2D eigenvalue weighted by atomic mass is 10.2. The predicted molar refractivity (Wildman–Crippen MR) is 67.9 cm³/mol. The Morgan fingerprint density at radius 2 is 1.82 bits per heavy atom. The molecule has 0 radical (unpaired) electrons. The van der Waals surface area contributed by atoms with Crippen LogP contribution in [0.4, 0.5) is 0 Å². The zero-order valence-electron chi connectivity index (χ0n) is 9.90. The van der Waals surface area contributed by atoms with Crippen LogP contribution in [0.15, 0.2) is 42.6 Å². The molecule has 2 rings (SSSR count). The Hall–Kier alpha value is -2.27. The summed E-state index contributed by atoms with van der Waals surface area (Å²) >= 11 is 0. The molecule has 0 saturated heterocycles. The first-order valence-electron chi connectivity index (χ1n) is 5.36. The lowest BCUT2D eigenvalue weighted by molar-refractivity contribution is 0.415. The van der Waals surface area contributed by atoms with Crippen molar-refractivity contribution in [3.8, 4) is 17.6 Å². The number of rotatable bonds is 1. The maximum Gasteiger partial charge on any atom is 0.118 e. The van der Waals surface area contributed by atoms with Gasteiger partial charge in [-0.2, -0.15) is 0 Å². The standard InChI is InChI=1S/C15H13NO/c1-12-9-10-16-14(11-12)6-3-13-4-7-15(17-2)8-5-13/h4-5,7-11H,1-2H3. The zero-order valence-corrected chi connectivity index (χ0v) is 9.90. The van der Waals surface area contributed by atoms with E-state index in [0.717, 1.165) is 17.0 Å². The van der Waals surface area contributed by atoms with Crippen molar-refractivity contribution in [2.75, 3.05) is 7.11 Å². The van der Waals surface area contributed by atoms with Crippen molar-refractivity contribution in [1.82, 2.24) is 4.98 Å². The quantitative estimate of drug-likeness (QED) is 0.693. The summed E-state index contributed by atoms with van der Waals surface area (Å²) in [7, 11) is 1.65. The number of ether oxygens (including phenoxy) is 1. The molecule has 84 valence electrons. The van der Waals surface area contributed by atoms with Crippen LogP contribution >= 0.6 is 0 Å². The molecule has 2 aromatic rings. The van der Waals surface area contributed by atoms with E-state index in [9.17, 15) is 0 Å². The number of hydrogen-bond acceptors (Lipinski definition) is 2. The lowest BCUT2D eigenvalue weighted by Gasteiger charge is -1.97. The third-order valence-electron chi connectivity index (χ3n) is 2.34. The second-order valence-electron chi connectivity index (χ2n) is 3.70. The van der Waals surface area contributed by atoms with Crippen LogP contribution < -0.4 is 4.74 Å². The van der Waals surface area contributed by atoms with Crippen LogP contribution in [0.5, 0.6) is 5.75 Å². The summed E-state index contributed by atoms with van der Waals surface area (Å²) in [5, 5.41) is 0. The Kier molecular flexibility index (Phi) is 3.42. The minimum Gasteiger partial charge on any atom is -0.497 e. The van der Waals surface area contributed by atoms with Crippen LogP contribution in [0.2, 0.25) is 0 Å². The summed E-state index contributed by atoms with van der Waals surface area (Å²) in [5.74, 6) is 6.95.